The maximum absolute atomic E-state index is 13.0. The molecule has 4 rings (SSSR count). The molecule has 0 radical (unpaired) electrons. The zero-order valence-corrected chi connectivity index (χ0v) is 21.6. The Labute approximate surface area is 215 Å². The highest BCUT2D eigenvalue weighted by Gasteiger charge is 2.31. The normalized spacial score (nSPS) is 14.5. The number of thioether (sulfide) groups is 1. The first kappa shape index (κ1) is 24.8. The number of carbonyl (C=O) groups excluding carboxylic acids is 1. The third kappa shape index (κ3) is 6.24. The SMILES string of the molecule is COc1ccc(CCN2C(=O)C(=Cc3ccc(OCc4ccc(C)cc4)cc3)SC2=S)cc1OC. The van der Waals surface area contributed by atoms with Gasteiger partial charge in [-0.15, -0.1) is 0 Å². The van der Waals surface area contributed by atoms with E-state index in [-0.39, 0.29) is 5.91 Å². The summed E-state index contributed by atoms with van der Waals surface area (Å²) in [6, 6.07) is 21.8. The van der Waals surface area contributed by atoms with Crippen LogP contribution in [0.25, 0.3) is 6.08 Å². The number of aryl methyl sites for hydroxylation is 1. The van der Waals surface area contributed by atoms with E-state index in [1.54, 1.807) is 19.1 Å². The monoisotopic (exact) mass is 505 g/mol. The fourth-order valence-corrected chi connectivity index (χ4v) is 4.94. The summed E-state index contributed by atoms with van der Waals surface area (Å²) in [5.74, 6) is 2.06. The molecule has 0 saturated carbocycles. The van der Waals surface area contributed by atoms with Crippen LogP contribution in [0.15, 0.2) is 71.6 Å². The van der Waals surface area contributed by atoms with Gasteiger partial charge in [0.2, 0.25) is 0 Å². The molecule has 180 valence electrons. The highest BCUT2D eigenvalue weighted by molar-refractivity contribution is 8.26. The van der Waals surface area contributed by atoms with Crippen LogP contribution in [0.5, 0.6) is 17.2 Å². The van der Waals surface area contributed by atoms with Gasteiger partial charge >= 0.3 is 0 Å². The van der Waals surface area contributed by atoms with Crippen molar-refractivity contribution in [2.75, 3.05) is 20.8 Å². The van der Waals surface area contributed by atoms with Crippen LogP contribution in [0.2, 0.25) is 0 Å². The first-order valence-corrected chi connectivity index (χ1v) is 12.4. The third-order valence-electron chi connectivity index (χ3n) is 5.65. The van der Waals surface area contributed by atoms with Crippen molar-refractivity contribution in [2.24, 2.45) is 0 Å². The molecule has 1 amide bonds. The standard InChI is InChI=1S/C28H27NO4S2/c1-19-4-6-22(7-5-19)18-33-23-11-8-20(9-12-23)17-26-27(30)29(28(34)35-26)15-14-21-10-13-24(31-2)25(16-21)32-3/h4-13,16-17H,14-15,18H2,1-3H3. The van der Waals surface area contributed by atoms with E-state index >= 15 is 0 Å². The number of ether oxygens (including phenoxy) is 3. The van der Waals surface area contributed by atoms with Crippen LogP contribution < -0.4 is 14.2 Å². The van der Waals surface area contributed by atoms with Crippen LogP contribution >= 0.6 is 24.0 Å². The second-order valence-corrected chi connectivity index (χ2v) is 9.79. The summed E-state index contributed by atoms with van der Waals surface area (Å²) in [5.41, 5.74) is 4.32. The molecule has 1 fully saturated rings. The molecule has 1 saturated heterocycles. The number of methoxy groups -OCH3 is 2. The molecular formula is C28H27NO4S2. The number of benzene rings is 3. The van der Waals surface area contributed by atoms with E-state index < -0.39 is 0 Å². The second kappa shape index (κ2) is 11.4. The molecule has 0 N–H and O–H groups in total. The Bertz CT molecular complexity index is 1240. The van der Waals surface area contributed by atoms with E-state index in [1.165, 1.54) is 17.3 Å². The molecule has 0 atom stereocenters. The lowest BCUT2D eigenvalue weighted by molar-refractivity contribution is -0.122. The second-order valence-electron chi connectivity index (χ2n) is 8.12. The lowest BCUT2D eigenvalue weighted by Crippen LogP contribution is -2.30. The summed E-state index contributed by atoms with van der Waals surface area (Å²) < 4.78 is 17.1. The van der Waals surface area contributed by atoms with Crippen molar-refractivity contribution in [1.82, 2.24) is 4.90 Å². The highest BCUT2D eigenvalue weighted by atomic mass is 32.2. The van der Waals surface area contributed by atoms with Crippen molar-refractivity contribution in [2.45, 2.75) is 20.0 Å². The number of carbonyl (C=O) groups is 1. The fourth-order valence-electron chi connectivity index (χ4n) is 3.63. The fraction of sp³-hybridized carbons (Fsp3) is 0.214. The molecule has 3 aromatic carbocycles. The number of hydrogen-bond donors (Lipinski definition) is 0. The highest BCUT2D eigenvalue weighted by Crippen LogP contribution is 2.33. The van der Waals surface area contributed by atoms with Gasteiger partial charge in [-0.1, -0.05) is 72.0 Å². The Morgan fingerprint density at radius 2 is 1.60 bits per heavy atom. The van der Waals surface area contributed by atoms with Crippen LogP contribution in [0, 0.1) is 6.92 Å². The summed E-state index contributed by atoms with van der Waals surface area (Å²) in [4.78, 5) is 15.3. The van der Waals surface area contributed by atoms with E-state index in [2.05, 4.69) is 31.2 Å². The van der Waals surface area contributed by atoms with Gasteiger partial charge in [0.15, 0.2) is 11.5 Å². The third-order valence-corrected chi connectivity index (χ3v) is 7.03. The van der Waals surface area contributed by atoms with E-state index in [0.717, 1.165) is 22.4 Å². The molecule has 3 aromatic rings. The Balaban J connectivity index is 1.36. The van der Waals surface area contributed by atoms with Crippen LogP contribution in [0.1, 0.15) is 22.3 Å². The van der Waals surface area contributed by atoms with Gasteiger partial charge in [-0.3, -0.25) is 9.69 Å². The smallest absolute Gasteiger partial charge is 0.266 e. The molecule has 0 aromatic heterocycles. The van der Waals surface area contributed by atoms with Gasteiger partial charge in [-0.25, -0.2) is 0 Å². The van der Waals surface area contributed by atoms with Gasteiger partial charge < -0.3 is 14.2 Å². The molecule has 0 aliphatic carbocycles. The van der Waals surface area contributed by atoms with Crippen molar-refractivity contribution in [3.05, 3.63) is 93.9 Å². The van der Waals surface area contributed by atoms with Crippen LogP contribution in [-0.4, -0.2) is 35.9 Å². The summed E-state index contributed by atoms with van der Waals surface area (Å²) in [6.45, 7) is 3.08. The summed E-state index contributed by atoms with van der Waals surface area (Å²) in [5, 5.41) is 0. The number of nitrogens with zero attached hydrogens (tertiary/aromatic N) is 1. The van der Waals surface area contributed by atoms with Crippen LogP contribution in [-0.2, 0) is 17.8 Å². The van der Waals surface area contributed by atoms with Crippen molar-refractivity contribution in [1.29, 1.82) is 0 Å². The molecular weight excluding hydrogens is 478 g/mol. The average molecular weight is 506 g/mol. The first-order valence-electron chi connectivity index (χ1n) is 11.2. The van der Waals surface area contributed by atoms with Crippen molar-refractivity contribution < 1.29 is 19.0 Å². The zero-order valence-electron chi connectivity index (χ0n) is 19.9. The molecule has 0 bridgehead atoms. The molecule has 5 nitrogen and oxygen atoms in total. The Hall–Kier alpha value is -3.29. The van der Waals surface area contributed by atoms with Gasteiger partial charge in [0.1, 0.15) is 16.7 Å². The number of amides is 1. The lowest BCUT2D eigenvalue weighted by atomic mass is 10.1. The minimum atomic E-state index is -0.0693. The Kier molecular flexibility index (Phi) is 8.10. The van der Waals surface area contributed by atoms with E-state index in [0.29, 0.717) is 40.3 Å². The van der Waals surface area contributed by atoms with Gasteiger partial charge in [0.05, 0.1) is 19.1 Å². The molecule has 7 heteroatoms. The van der Waals surface area contributed by atoms with Crippen molar-refractivity contribution >= 4 is 40.3 Å². The minimum Gasteiger partial charge on any atom is -0.493 e. The Morgan fingerprint density at radius 3 is 2.29 bits per heavy atom. The molecule has 1 aliphatic heterocycles. The van der Waals surface area contributed by atoms with Crippen LogP contribution in [0.3, 0.4) is 0 Å². The maximum atomic E-state index is 13.0. The maximum Gasteiger partial charge on any atom is 0.266 e. The number of thiocarbonyl (C=S) groups is 1. The molecule has 35 heavy (non-hydrogen) atoms. The van der Waals surface area contributed by atoms with Gasteiger partial charge in [-0.2, -0.15) is 0 Å². The van der Waals surface area contributed by atoms with E-state index in [9.17, 15) is 4.79 Å². The van der Waals surface area contributed by atoms with E-state index in [1.807, 2.05) is 48.5 Å². The zero-order chi connectivity index (χ0) is 24.8. The predicted molar refractivity (Wildman–Crippen MR) is 145 cm³/mol. The number of hydrogen-bond acceptors (Lipinski definition) is 6. The largest absolute Gasteiger partial charge is 0.493 e. The van der Waals surface area contributed by atoms with Crippen molar-refractivity contribution in [3.63, 3.8) is 0 Å². The van der Waals surface area contributed by atoms with Crippen molar-refractivity contribution in [3.8, 4) is 17.2 Å². The molecule has 0 spiro atoms. The molecule has 1 heterocycles. The minimum absolute atomic E-state index is 0.0693. The average Bonchev–Trinajstić information content (AvgIpc) is 3.14. The summed E-state index contributed by atoms with van der Waals surface area (Å²) in [7, 11) is 3.22. The quantitative estimate of drug-likeness (QED) is 0.261. The summed E-state index contributed by atoms with van der Waals surface area (Å²) >= 11 is 6.82. The van der Waals surface area contributed by atoms with E-state index in [4.69, 9.17) is 26.4 Å². The number of rotatable bonds is 9. The first-order chi connectivity index (χ1) is 17.0. The topological polar surface area (TPSA) is 48.0 Å². The lowest BCUT2D eigenvalue weighted by Gasteiger charge is -2.15. The van der Waals surface area contributed by atoms with Gasteiger partial charge in [-0.05, 0) is 60.4 Å². The van der Waals surface area contributed by atoms with Crippen LogP contribution in [0.4, 0.5) is 0 Å². The molecule has 1 aliphatic rings. The predicted octanol–water partition coefficient (Wildman–Crippen LogP) is 6.04. The molecule has 0 unspecified atom stereocenters. The van der Waals surface area contributed by atoms with Gasteiger partial charge in [0.25, 0.3) is 5.91 Å². The van der Waals surface area contributed by atoms with Gasteiger partial charge in [0, 0.05) is 6.54 Å². The Morgan fingerprint density at radius 1 is 0.914 bits per heavy atom. The summed E-state index contributed by atoms with van der Waals surface area (Å²) in [6.07, 6.45) is 2.53.